The summed E-state index contributed by atoms with van der Waals surface area (Å²) in [7, 11) is 0. The number of hydrogen-bond acceptors (Lipinski definition) is 5. The smallest absolute Gasteiger partial charge is 0.418 e. The van der Waals surface area contributed by atoms with Crippen LogP contribution < -0.4 is 10.1 Å². The standard InChI is InChI=1S/C20H17F5N4O2/c1-19(2)8-28-18(30-9-19)29-10-5-12(21)16(13(22)6-10)31-14-3-4-26-17-15(14)11(7-27-17)20(23,24)25/h3-7H,8-9H2,1-2H3,(H,26,27)(H,28,29). The first-order chi connectivity index (χ1) is 14.5. The SMILES string of the molecule is CC1(C)CN=C(Nc2cc(F)c(Oc3ccnc4[nH]cc(C(F)(F)F)c34)c(F)c2)OC1. The van der Waals surface area contributed by atoms with E-state index in [2.05, 4.69) is 20.3 Å². The van der Waals surface area contributed by atoms with E-state index in [4.69, 9.17) is 9.47 Å². The Bertz CT molecular complexity index is 1150. The number of aromatic nitrogens is 2. The van der Waals surface area contributed by atoms with Gasteiger partial charge in [0.1, 0.15) is 11.4 Å². The monoisotopic (exact) mass is 440 g/mol. The molecule has 1 aliphatic heterocycles. The van der Waals surface area contributed by atoms with Crippen molar-refractivity contribution < 1.29 is 31.4 Å². The predicted molar refractivity (Wildman–Crippen MR) is 103 cm³/mol. The van der Waals surface area contributed by atoms with E-state index >= 15 is 0 Å². The van der Waals surface area contributed by atoms with Crippen LogP contribution >= 0.6 is 0 Å². The lowest BCUT2D eigenvalue weighted by atomic mass is 9.95. The summed E-state index contributed by atoms with van der Waals surface area (Å²) in [6.45, 7) is 4.77. The molecule has 0 spiro atoms. The highest BCUT2D eigenvalue weighted by Gasteiger charge is 2.35. The average Bonchev–Trinajstić information content (AvgIpc) is 3.12. The van der Waals surface area contributed by atoms with Gasteiger partial charge < -0.3 is 19.8 Å². The molecule has 1 aromatic carbocycles. The first kappa shape index (κ1) is 20.9. The Morgan fingerprint density at radius 3 is 2.52 bits per heavy atom. The van der Waals surface area contributed by atoms with Crippen LogP contribution in [0.2, 0.25) is 0 Å². The van der Waals surface area contributed by atoms with Crippen LogP contribution in [0, 0.1) is 17.0 Å². The number of rotatable bonds is 3. The quantitative estimate of drug-likeness (QED) is 0.530. The van der Waals surface area contributed by atoms with E-state index in [1.54, 1.807) is 0 Å². The molecular formula is C20H17F5N4O2. The molecule has 3 heterocycles. The second-order valence-corrected chi connectivity index (χ2v) is 7.80. The number of hydrogen-bond donors (Lipinski definition) is 2. The number of nitrogens with zero attached hydrogens (tertiary/aromatic N) is 2. The van der Waals surface area contributed by atoms with Crippen LogP contribution in [-0.2, 0) is 10.9 Å². The zero-order chi connectivity index (χ0) is 22.4. The van der Waals surface area contributed by atoms with Gasteiger partial charge in [0, 0.05) is 35.6 Å². The molecule has 0 atom stereocenters. The number of anilines is 1. The van der Waals surface area contributed by atoms with Crippen molar-refractivity contribution in [1.29, 1.82) is 0 Å². The number of alkyl halides is 3. The normalized spacial score (nSPS) is 16.0. The summed E-state index contributed by atoms with van der Waals surface area (Å²) in [6, 6.07) is 3.09. The summed E-state index contributed by atoms with van der Waals surface area (Å²) in [6.07, 6.45) is -2.82. The number of amidine groups is 1. The second kappa shape index (κ2) is 7.40. The number of H-pyrrole nitrogens is 1. The number of nitrogens with one attached hydrogen (secondary N) is 2. The molecule has 11 heteroatoms. The van der Waals surface area contributed by atoms with Crippen molar-refractivity contribution in [3.8, 4) is 11.5 Å². The van der Waals surface area contributed by atoms with Crippen molar-refractivity contribution in [2.45, 2.75) is 20.0 Å². The Balaban J connectivity index is 1.63. The minimum atomic E-state index is -4.71. The van der Waals surface area contributed by atoms with E-state index in [-0.39, 0.29) is 28.5 Å². The van der Waals surface area contributed by atoms with Gasteiger partial charge in [-0.1, -0.05) is 13.8 Å². The molecule has 0 aliphatic carbocycles. The Hall–Kier alpha value is -3.37. The molecule has 0 bridgehead atoms. The van der Waals surface area contributed by atoms with Crippen molar-refractivity contribution in [2.24, 2.45) is 10.4 Å². The Kier molecular flexibility index (Phi) is 4.98. The zero-order valence-electron chi connectivity index (χ0n) is 16.4. The molecule has 2 aromatic heterocycles. The lowest BCUT2D eigenvalue weighted by molar-refractivity contribution is -0.136. The van der Waals surface area contributed by atoms with E-state index in [0.29, 0.717) is 13.2 Å². The molecule has 4 rings (SSSR count). The fourth-order valence-corrected chi connectivity index (χ4v) is 3.01. The minimum Gasteiger partial charge on any atom is -0.464 e. The van der Waals surface area contributed by atoms with Gasteiger partial charge in [0.2, 0.25) is 0 Å². The number of aliphatic imine (C=N–C) groups is 1. The zero-order valence-corrected chi connectivity index (χ0v) is 16.4. The number of pyridine rings is 1. The number of ether oxygens (including phenoxy) is 2. The van der Waals surface area contributed by atoms with Gasteiger partial charge >= 0.3 is 6.18 Å². The first-order valence-corrected chi connectivity index (χ1v) is 9.18. The molecule has 0 saturated carbocycles. The molecule has 6 nitrogen and oxygen atoms in total. The van der Waals surface area contributed by atoms with Crippen molar-refractivity contribution in [3.05, 3.63) is 47.8 Å². The molecule has 1 aliphatic rings. The average molecular weight is 440 g/mol. The van der Waals surface area contributed by atoms with Gasteiger partial charge in [-0.3, -0.25) is 0 Å². The van der Waals surface area contributed by atoms with Crippen LogP contribution in [0.25, 0.3) is 11.0 Å². The van der Waals surface area contributed by atoms with Crippen molar-refractivity contribution in [3.63, 3.8) is 0 Å². The van der Waals surface area contributed by atoms with Crippen LogP contribution in [-0.4, -0.2) is 29.1 Å². The molecule has 3 aromatic rings. The van der Waals surface area contributed by atoms with Crippen molar-refractivity contribution >= 4 is 22.7 Å². The third kappa shape index (κ3) is 4.25. The van der Waals surface area contributed by atoms with Crippen LogP contribution in [0.1, 0.15) is 19.4 Å². The lowest BCUT2D eigenvalue weighted by Gasteiger charge is -2.28. The molecule has 0 saturated heterocycles. The van der Waals surface area contributed by atoms with E-state index in [1.165, 1.54) is 6.20 Å². The van der Waals surface area contributed by atoms with Crippen molar-refractivity contribution in [1.82, 2.24) is 9.97 Å². The number of fused-ring (bicyclic) bond motifs is 1. The number of aromatic amines is 1. The molecule has 164 valence electrons. The Morgan fingerprint density at radius 2 is 1.90 bits per heavy atom. The van der Waals surface area contributed by atoms with Gasteiger partial charge in [-0.05, 0) is 6.07 Å². The fraction of sp³-hybridized carbons (Fsp3) is 0.300. The number of halogens is 5. The van der Waals surface area contributed by atoms with Gasteiger partial charge in [-0.15, -0.1) is 0 Å². The van der Waals surface area contributed by atoms with Crippen LogP contribution in [0.3, 0.4) is 0 Å². The molecule has 0 radical (unpaired) electrons. The lowest BCUT2D eigenvalue weighted by Crippen LogP contribution is -2.33. The summed E-state index contributed by atoms with van der Waals surface area (Å²) in [5.74, 6) is -3.47. The third-order valence-electron chi connectivity index (χ3n) is 4.55. The summed E-state index contributed by atoms with van der Waals surface area (Å²) < 4.78 is 79.7. The van der Waals surface area contributed by atoms with Gasteiger partial charge in [0.25, 0.3) is 6.02 Å². The van der Waals surface area contributed by atoms with Crippen LogP contribution in [0.4, 0.5) is 27.6 Å². The highest BCUT2D eigenvalue weighted by molar-refractivity contribution is 5.90. The summed E-state index contributed by atoms with van der Waals surface area (Å²) in [4.78, 5) is 10.3. The number of benzene rings is 1. The molecular weight excluding hydrogens is 423 g/mol. The van der Waals surface area contributed by atoms with E-state index in [9.17, 15) is 22.0 Å². The van der Waals surface area contributed by atoms with Gasteiger partial charge in [0.15, 0.2) is 17.4 Å². The highest BCUT2D eigenvalue weighted by Crippen LogP contribution is 2.41. The molecule has 0 fully saturated rings. The maximum absolute atomic E-state index is 14.6. The molecule has 0 unspecified atom stereocenters. The van der Waals surface area contributed by atoms with Crippen molar-refractivity contribution in [2.75, 3.05) is 18.5 Å². The third-order valence-corrected chi connectivity index (χ3v) is 4.55. The summed E-state index contributed by atoms with van der Waals surface area (Å²) >= 11 is 0. The van der Waals surface area contributed by atoms with E-state index < -0.39 is 34.5 Å². The largest absolute Gasteiger partial charge is 0.464 e. The van der Waals surface area contributed by atoms with Crippen LogP contribution in [0.15, 0.2) is 35.6 Å². The highest BCUT2D eigenvalue weighted by atomic mass is 19.4. The topological polar surface area (TPSA) is 71.5 Å². The Labute approximate surface area is 173 Å². The van der Waals surface area contributed by atoms with Gasteiger partial charge in [-0.25, -0.2) is 18.8 Å². The Morgan fingerprint density at radius 1 is 1.19 bits per heavy atom. The van der Waals surface area contributed by atoms with Crippen LogP contribution in [0.5, 0.6) is 11.5 Å². The molecule has 0 amide bonds. The summed E-state index contributed by atoms with van der Waals surface area (Å²) in [5.41, 5.74) is -1.32. The maximum atomic E-state index is 14.6. The minimum absolute atomic E-state index is 0.0123. The van der Waals surface area contributed by atoms with E-state index in [0.717, 1.165) is 24.4 Å². The summed E-state index contributed by atoms with van der Waals surface area (Å²) in [5, 5.41) is 2.25. The maximum Gasteiger partial charge on any atom is 0.418 e. The second-order valence-electron chi connectivity index (χ2n) is 7.80. The predicted octanol–water partition coefficient (Wildman–Crippen LogP) is 5.48. The molecule has 2 N–H and O–H groups in total. The fourth-order valence-electron chi connectivity index (χ4n) is 3.01. The van der Waals surface area contributed by atoms with E-state index in [1.807, 2.05) is 13.8 Å². The van der Waals surface area contributed by atoms with Gasteiger partial charge in [-0.2, -0.15) is 13.2 Å². The molecule has 31 heavy (non-hydrogen) atoms. The van der Waals surface area contributed by atoms with Gasteiger partial charge in [0.05, 0.1) is 24.1 Å². The first-order valence-electron chi connectivity index (χ1n) is 9.18.